The third-order valence-electron chi connectivity index (χ3n) is 6.55. The number of carbonyl (C=O) groups is 2. The lowest BCUT2D eigenvalue weighted by Crippen LogP contribution is -2.32. The van der Waals surface area contributed by atoms with Crippen molar-refractivity contribution in [2.75, 3.05) is 33.0 Å². The van der Waals surface area contributed by atoms with Gasteiger partial charge in [0.25, 0.3) is 0 Å². The predicted octanol–water partition coefficient (Wildman–Crippen LogP) is 3.22. The van der Waals surface area contributed by atoms with Gasteiger partial charge in [0.15, 0.2) is 12.6 Å². The van der Waals surface area contributed by atoms with E-state index >= 15 is 0 Å². The van der Waals surface area contributed by atoms with Gasteiger partial charge in [-0.05, 0) is 50.5 Å². The summed E-state index contributed by atoms with van der Waals surface area (Å²) in [7, 11) is 0. The molecule has 1 aromatic rings. The van der Waals surface area contributed by atoms with Gasteiger partial charge in [-0.3, -0.25) is 9.59 Å². The van der Waals surface area contributed by atoms with E-state index in [0.29, 0.717) is 57.5 Å². The molecule has 1 aromatic carbocycles. The average Bonchev–Trinajstić information content (AvgIpc) is 3.51. The number of rotatable bonds is 8. The van der Waals surface area contributed by atoms with Crippen molar-refractivity contribution in [2.24, 2.45) is 11.8 Å². The van der Waals surface area contributed by atoms with Crippen LogP contribution in [0.15, 0.2) is 18.2 Å². The van der Waals surface area contributed by atoms with Gasteiger partial charge in [0.05, 0.1) is 26.4 Å². The number of carbonyl (C=O) groups excluding carboxylic acids is 2. The van der Waals surface area contributed by atoms with E-state index in [-0.39, 0.29) is 11.8 Å². The van der Waals surface area contributed by atoms with Crippen LogP contribution in [0, 0.1) is 11.8 Å². The van der Waals surface area contributed by atoms with E-state index in [1.54, 1.807) is 6.92 Å². The Hall–Kier alpha value is -1.80. The zero-order chi connectivity index (χ0) is 21.6. The maximum Gasteiger partial charge on any atom is 0.220 e. The highest BCUT2D eigenvalue weighted by molar-refractivity contribution is 5.78. The molecule has 0 aromatic heterocycles. The molecular formula is C24H33NO6. The second-order valence-corrected chi connectivity index (χ2v) is 8.74. The number of nitrogens with one attached hydrogen (secondary N) is 1. The van der Waals surface area contributed by atoms with E-state index in [1.165, 1.54) is 0 Å². The Morgan fingerprint density at radius 3 is 2.13 bits per heavy atom. The first kappa shape index (κ1) is 22.4. The Labute approximate surface area is 183 Å². The van der Waals surface area contributed by atoms with Crippen LogP contribution in [0.4, 0.5) is 0 Å². The highest BCUT2D eigenvalue weighted by Crippen LogP contribution is 2.34. The molecule has 0 atom stereocenters. The first-order chi connectivity index (χ1) is 15.1. The third-order valence-corrected chi connectivity index (χ3v) is 6.55. The summed E-state index contributed by atoms with van der Waals surface area (Å²) in [6, 6.07) is 6.07. The van der Waals surface area contributed by atoms with E-state index < -0.39 is 12.6 Å². The molecule has 3 aliphatic rings. The molecule has 1 saturated carbocycles. The SMILES string of the molecule is CC(=O)C1CCC(CNC(=O)CCc2ccc(C3OCCO3)c(C3OCCO3)c2)CC1. The number of ketones is 1. The Kier molecular flexibility index (Phi) is 7.72. The van der Waals surface area contributed by atoms with E-state index in [1.807, 2.05) is 18.2 Å². The molecule has 1 aliphatic carbocycles. The van der Waals surface area contributed by atoms with Crippen LogP contribution in [-0.2, 0) is 35.0 Å². The second-order valence-electron chi connectivity index (χ2n) is 8.74. The second kappa shape index (κ2) is 10.7. The first-order valence-corrected chi connectivity index (χ1v) is 11.5. The van der Waals surface area contributed by atoms with E-state index in [2.05, 4.69) is 5.32 Å². The van der Waals surface area contributed by atoms with Crippen molar-refractivity contribution >= 4 is 11.7 Å². The summed E-state index contributed by atoms with van der Waals surface area (Å²) in [5, 5.41) is 3.08. The van der Waals surface area contributed by atoms with Gasteiger partial charge in [-0.25, -0.2) is 0 Å². The lowest BCUT2D eigenvalue weighted by atomic mass is 9.80. The van der Waals surface area contributed by atoms with Gasteiger partial charge in [-0.2, -0.15) is 0 Å². The zero-order valence-corrected chi connectivity index (χ0v) is 18.3. The van der Waals surface area contributed by atoms with Crippen molar-refractivity contribution in [3.8, 4) is 0 Å². The van der Waals surface area contributed by atoms with Gasteiger partial charge in [0.2, 0.25) is 5.91 Å². The molecule has 2 saturated heterocycles. The van der Waals surface area contributed by atoms with Crippen LogP contribution in [-0.4, -0.2) is 44.7 Å². The largest absolute Gasteiger partial charge is 0.356 e. The fourth-order valence-corrected chi connectivity index (χ4v) is 4.65. The minimum absolute atomic E-state index is 0.0649. The molecule has 31 heavy (non-hydrogen) atoms. The van der Waals surface area contributed by atoms with Crippen molar-refractivity contribution in [3.63, 3.8) is 0 Å². The smallest absolute Gasteiger partial charge is 0.220 e. The number of ether oxygens (including phenoxy) is 4. The summed E-state index contributed by atoms with van der Waals surface area (Å²) in [4.78, 5) is 23.9. The number of hydrogen-bond donors (Lipinski definition) is 1. The van der Waals surface area contributed by atoms with Crippen molar-refractivity contribution < 1.29 is 28.5 Å². The molecule has 0 spiro atoms. The van der Waals surface area contributed by atoms with E-state index in [4.69, 9.17) is 18.9 Å². The quantitative estimate of drug-likeness (QED) is 0.681. The topological polar surface area (TPSA) is 83.1 Å². The Bertz CT molecular complexity index is 761. The molecule has 2 aliphatic heterocycles. The predicted molar refractivity (Wildman–Crippen MR) is 113 cm³/mol. The van der Waals surface area contributed by atoms with Gasteiger partial charge in [0.1, 0.15) is 5.78 Å². The van der Waals surface area contributed by atoms with Crippen LogP contribution in [0.25, 0.3) is 0 Å². The fraction of sp³-hybridized carbons (Fsp3) is 0.667. The van der Waals surface area contributed by atoms with Crippen LogP contribution < -0.4 is 5.32 Å². The number of benzene rings is 1. The Morgan fingerprint density at radius 2 is 1.52 bits per heavy atom. The highest BCUT2D eigenvalue weighted by atomic mass is 16.7. The third kappa shape index (κ3) is 5.92. The minimum Gasteiger partial charge on any atom is -0.356 e. The fourth-order valence-electron chi connectivity index (χ4n) is 4.65. The average molecular weight is 432 g/mol. The summed E-state index contributed by atoms with van der Waals surface area (Å²) < 4.78 is 22.8. The van der Waals surface area contributed by atoms with Gasteiger partial charge >= 0.3 is 0 Å². The minimum atomic E-state index is -0.415. The van der Waals surface area contributed by atoms with Crippen LogP contribution in [0.5, 0.6) is 0 Å². The molecule has 0 bridgehead atoms. The lowest BCUT2D eigenvalue weighted by molar-refractivity contribution is -0.123. The molecular weight excluding hydrogens is 398 g/mol. The Morgan fingerprint density at radius 1 is 0.903 bits per heavy atom. The molecule has 4 rings (SSSR count). The van der Waals surface area contributed by atoms with Crippen molar-refractivity contribution in [3.05, 3.63) is 34.9 Å². The molecule has 170 valence electrons. The van der Waals surface area contributed by atoms with Crippen LogP contribution in [0.3, 0.4) is 0 Å². The maximum absolute atomic E-state index is 12.4. The summed E-state index contributed by atoms with van der Waals surface area (Å²) >= 11 is 0. The van der Waals surface area contributed by atoms with Crippen LogP contribution in [0.1, 0.15) is 68.3 Å². The van der Waals surface area contributed by atoms with Crippen LogP contribution >= 0.6 is 0 Å². The molecule has 0 unspecified atom stereocenters. The zero-order valence-electron chi connectivity index (χ0n) is 18.3. The molecule has 7 nitrogen and oxygen atoms in total. The summed E-state index contributed by atoms with van der Waals surface area (Å²) in [6.07, 6.45) is 4.21. The number of aryl methyl sites for hydroxylation is 1. The van der Waals surface area contributed by atoms with E-state index in [0.717, 1.165) is 42.4 Å². The number of Topliss-reactive ketones (excluding diaryl/α,β-unsaturated/α-hetero) is 1. The van der Waals surface area contributed by atoms with Crippen molar-refractivity contribution in [1.82, 2.24) is 5.32 Å². The number of amides is 1. The van der Waals surface area contributed by atoms with Gasteiger partial charge in [0, 0.05) is 30.0 Å². The molecule has 0 radical (unpaired) electrons. The van der Waals surface area contributed by atoms with Gasteiger partial charge in [-0.15, -0.1) is 0 Å². The Balaban J connectivity index is 1.28. The highest BCUT2D eigenvalue weighted by Gasteiger charge is 2.28. The van der Waals surface area contributed by atoms with E-state index in [9.17, 15) is 9.59 Å². The van der Waals surface area contributed by atoms with Gasteiger partial charge < -0.3 is 24.3 Å². The lowest BCUT2D eigenvalue weighted by Gasteiger charge is -2.27. The monoisotopic (exact) mass is 431 g/mol. The van der Waals surface area contributed by atoms with Crippen molar-refractivity contribution in [2.45, 2.75) is 58.0 Å². The summed E-state index contributed by atoms with van der Waals surface area (Å²) in [5.74, 6) is 1.06. The molecule has 2 heterocycles. The van der Waals surface area contributed by atoms with Crippen molar-refractivity contribution in [1.29, 1.82) is 0 Å². The summed E-state index contributed by atoms with van der Waals surface area (Å²) in [6.45, 7) is 4.68. The molecule has 1 N–H and O–H groups in total. The summed E-state index contributed by atoms with van der Waals surface area (Å²) in [5.41, 5.74) is 2.91. The molecule has 7 heteroatoms. The van der Waals surface area contributed by atoms with Crippen LogP contribution in [0.2, 0.25) is 0 Å². The first-order valence-electron chi connectivity index (χ1n) is 11.5. The normalized spacial score (nSPS) is 25.1. The molecule has 3 fully saturated rings. The van der Waals surface area contributed by atoms with Gasteiger partial charge in [-0.1, -0.05) is 18.2 Å². The maximum atomic E-state index is 12.4. The molecule has 1 amide bonds. The standard InChI is InChI=1S/C24H33NO6/c1-16(26)19-6-2-18(3-7-19)15-25-22(27)9-5-17-4-8-20(23-28-10-11-29-23)21(14-17)24-30-12-13-31-24/h4,8,14,18-19,23-24H,2-3,5-7,9-13,15H2,1H3,(H,25,27). The number of hydrogen-bond acceptors (Lipinski definition) is 6.